The first-order valence-corrected chi connectivity index (χ1v) is 6.34. The molecular weight excluding hydrogens is 242 g/mol. The molecule has 0 atom stereocenters. The summed E-state index contributed by atoms with van der Waals surface area (Å²) >= 11 is 0. The number of hydrogen-bond acceptors (Lipinski definition) is 2. The van der Waals surface area contributed by atoms with Crippen molar-refractivity contribution in [3.05, 3.63) is 35.4 Å². The van der Waals surface area contributed by atoms with Gasteiger partial charge in [-0.25, -0.2) is 4.79 Å². The first kappa shape index (κ1) is 15.0. The molecule has 0 bridgehead atoms. The lowest BCUT2D eigenvalue weighted by atomic mass is 10.1. The summed E-state index contributed by atoms with van der Waals surface area (Å²) in [6.07, 6.45) is 5.01. The first-order valence-electron chi connectivity index (χ1n) is 6.34. The van der Waals surface area contributed by atoms with Crippen molar-refractivity contribution in [2.24, 2.45) is 0 Å². The quantitative estimate of drug-likeness (QED) is 0.773. The number of aryl methyl sites for hydroxylation is 1. The van der Waals surface area contributed by atoms with Gasteiger partial charge in [-0.2, -0.15) is 0 Å². The van der Waals surface area contributed by atoms with Crippen LogP contribution in [0, 0.1) is 6.92 Å². The Balaban J connectivity index is 2.72. The van der Waals surface area contributed by atoms with E-state index in [9.17, 15) is 9.59 Å². The minimum Gasteiger partial charge on any atom is -0.478 e. The van der Waals surface area contributed by atoms with Crippen LogP contribution in [0.25, 0.3) is 6.08 Å². The molecule has 0 aliphatic rings. The number of carbonyl (C=O) groups is 2. The van der Waals surface area contributed by atoms with E-state index in [1.165, 1.54) is 6.08 Å². The Labute approximate surface area is 113 Å². The highest BCUT2D eigenvalue weighted by atomic mass is 16.4. The number of amides is 1. The Morgan fingerprint density at radius 3 is 2.68 bits per heavy atom. The summed E-state index contributed by atoms with van der Waals surface area (Å²) in [5, 5.41) is 11.4. The molecule has 1 amide bonds. The summed E-state index contributed by atoms with van der Waals surface area (Å²) in [7, 11) is 0. The Bertz CT molecular complexity index is 492. The van der Waals surface area contributed by atoms with Crippen LogP contribution in [-0.4, -0.2) is 17.0 Å². The van der Waals surface area contributed by atoms with E-state index in [4.69, 9.17) is 5.11 Å². The number of nitrogens with one attached hydrogen (secondary N) is 1. The van der Waals surface area contributed by atoms with E-state index in [0.29, 0.717) is 6.42 Å². The average Bonchev–Trinajstić information content (AvgIpc) is 2.36. The van der Waals surface area contributed by atoms with E-state index in [2.05, 4.69) is 5.32 Å². The van der Waals surface area contributed by atoms with Gasteiger partial charge >= 0.3 is 5.97 Å². The molecule has 102 valence electrons. The van der Waals surface area contributed by atoms with Gasteiger partial charge in [0.1, 0.15) is 0 Å². The monoisotopic (exact) mass is 261 g/mol. The number of carbonyl (C=O) groups excluding carboxylic acids is 1. The second-order valence-electron chi connectivity index (χ2n) is 4.40. The van der Waals surface area contributed by atoms with Crippen LogP contribution in [0.3, 0.4) is 0 Å². The summed E-state index contributed by atoms with van der Waals surface area (Å²) in [5.74, 6) is -0.964. The van der Waals surface area contributed by atoms with Crippen molar-refractivity contribution in [3.8, 4) is 0 Å². The van der Waals surface area contributed by atoms with Crippen molar-refractivity contribution >= 4 is 23.6 Å². The SMILES string of the molecule is CCCCC(=O)Nc1ccc(/C=C/C(=O)O)cc1C. The third kappa shape index (κ3) is 5.38. The Hall–Kier alpha value is -2.10. The fraction of sp³-hybridized carbons (Fsp3) is 0.333. The maximum Gasteiger partial charge on any atom is 0.328 e. The highest BCUT2D eigenvalue weighted by Crippen LogP contribution is 2.18. The van der Waals surface area contributed by atoms with Gasteiger partial charge in [-0.15, -0.1) is 0 Å². The predicted octanol–water partition coefficient (Wildman–Crippen LogP) is 3.22. The normalized spacial score (nSPS) is 10.6. The van der Waals surface area contributed by atoms with Gasteiger partial charge in [0.2, 0.25) is 5.91 Å². The maximum atomic E-state index is 11.6. The minimum absolute atomic E-state index is 0.0128. The Kier molecular flexibility index (Phi) is 5.79. The summed E-state index contributed by atoms with van der Waals surface area (Å²) in [6.45, 7) is 3.93. The zero-order valence-electron chi connectivity index (χ0n) is 11.3. The number of aliphatic carboxylic acids is 1. The van der Waals surface area contributed by atoms with Crippen LogP contribution in [-0.2, 0) is 9.59 Å². The molecule has 0 unspecified atom stereocenters. The van der Waals surface area contributed by atoms with Gasteiger partial charge in [-0.1, -0.05) is 19.4 Å². The van der Waals surface area contributed by atoms with E-state index in [-0.39, 0.29) is 5.91 Å². The summed E-state index contributed by atoms with van der Waals surface area (Å²) in [5.41, 5.74) is 2.48. The molecule has 2 N–H and O–H groups in total. The van der Waals surface area contributed by atoms with Crippen molar-refractivity contribution in [2.75, 3.05) is 5.32 Å². The van der Waals surface area contributed by atoms with E-state index < -0.39 is 5.97 Å². The lowest BCUT2D eigenvalue weighted by molar-refractivity contribution is -0.131. The molecule has 0 saturated carbocycles. The zero-order chi connectivity index (χ0) is 14.3. The van der Waals surface area contributed by atoms with E-state index in [1.54, 1.807) is 12.1 Å². The van der Waals surface area contributed by atoms with Crippen LogP contribution in [0.5, 0.6) is 0 Å². The number of benzene rings is 1. The van der Waals surface area contributed by atoms with Gasteiger partial charge in [-0.3, -0.25) is 4.79 Å². The fourth-order valence-corrected chi connectivity index (χ4v) is 1.65. The van der Waals surface area contributed by atoms with Crippen LogP contribution in [0.1, 0.15) is 37.3 Å². The standard InChI is InChI=1S/C15H19NO3/c1-3-4-5-14(17)16-13-8-6-12(10-11(13)2)7-9-15(18)19/h6-10H,3-5H2,1-2H3,(H,16,17)(H,18,19)/b9-7+. The lowest BCUT2D eigenvalue weighted by Gasteiger charge is -2.08. The number of carboxylic acid groups (broad SMARTS) is 1. The molecular formula is C15H19NO3. The van der Waals surface area contributed by atoms with Crippen LogP contribution in [0.4, 0.5) is 5.69 Å². The van der Waals surface area contributed by atoms with Gasteiger partial charge in [-0.05, 0) is 42.7 Å². The highest BCUT2D eigenvalue weighted by molar-refractivity contribution is 5.91. The molecule has 4 heteroatoms. The first-order chi connectivity index (χ1) is 9.02. The molecule has 0 heterocycles. The molecule has 1 aromatic rings. The van der Waals surface area contributed by atoms with Gasteiger partial charge in [0.15, 0.2) is 0 Å². The molecule has 1 rings (SSSR count). The van der Waals surface area contributed by atoms with Crippen molar-refractivity contribution in [3.63, 3.8) is 0 Å². The fourth-order valence-electron chi connectivity index (χ4n) is 1.65. The summed E-state index contributed by atoms with van der Waals surface area (Å²) < 4.78 is 0. The minimum atomic E-state index is -0.977. The molecule has 4 nitrogen and oxygen atoms in total. The summed E-state index contributed by atoms with van der Waals surface area (Å²) in [6, 6.07) is 5.41. The maximum absolute atomic E-state index is 11.6. The highest BCUT2D eigenvalue weighted by Gasteiger charge is 2.04. The zero-order valence-corrected chi connectivity index (χ0v) is 11.3. The molecule has 0 radical (unpaired) electrons. The van der Waals surface area contributed by atoms with Gasteiger partial charge in [0.05, 0.1) is 0 Å². The molecule has 1 aromatic carbocycles. The topological polar surface area (TPSA) is 66.4 Å². The number of hydrogen-bond donors (Lipinski definition) is 2. The summed E-state index contributed by atoms with van der Waals surface area (Å²) in [4.78, 5) is 22.0. The Morgan fingerprint density at radius 2 is 2.11 bits per heavy atom. The lowest BCUT2D eigenvalue weighted by Crippen LogP contribution is -2.11. The largest absolute Gasteiger partial charge is 0.478 e. The van der Waals surface area contributed by atoms with Gasteiger partial charge < -0.3 is 10.4 Å². The number of anilines is 1. The number of unbranched alkanes of at least 4 members (excludes halogenated alkanes) is 1. The van der Waals surface area contributed by atoms with Crippen LogP contribution in [0.15, 0.2) is 24.3 Å². The van der Waals surface area contributed by atoms with Crippen molar-refractivity contribution in [2.45, 2.75) is 33.1 Å². The van der Waals surface area contributed by atoms with Crippen LogP contribution < -0.4 is 5.32 Å². The van der Waals surface area contributed by atoms with Crippen molar-refractivity contribution in [1.82, 2.24) is 0 Å². The van der Waals surface area contributed by atoms with Crippen molar-refractivity contribution < 1.29 is 14.7 Å². The predicted molar refractivity (Wildman–Crippen MR) is 76.0 cm³/mol. The molecule has 19 heavy (non-hydrogen) atoms. The smallest absolute Gasteiger partial charge is 0.328 e. The molecule has 0 fully saturated rings. The second kappa shape index (κ2) is 7.36. The molecule has 0 aromatic heterocycles. The molecule has 0 aliphatic heterocycles. The third-order valence-corrected chi connectivity index (χ3v) is 2.70. The van der Waals surface area contributed by atoms with E-state index >= 15 is 0 Å². The van der Waals surface area contributed by atoms with Gasteiger partial charge in [0, 0.05) is 18.2 Å². The van der Waals surface area contributed by atoms with Crippen molar-refractivity contribution in [1.29, 1.82) is 0 Å². The Morgan fingerprint density at radius 1 is 1.37 bits per heavy atom. The van der Waals surface area contributed by atoms with Crippen LogP contribution >= 0.6 is 0 Å². The van der Waals surface area contributed by atoms with Gasteiger partial charge in [0.25, 0.3) is 0 Å². The molecule has 0 spiro atoms. The molecule has 0 saturated heterocycles. The average molecular weight is 261 g/mol. The molecule has 0 aliphatic carbocycles. The third-order valence-electron chi connectivity index (χ3n) is 2.70. The second-order valence-corrected chi connectivity index (χ2v) is 4.40. The number of rotatable bonds is 6. The van der Waals surface area contributed by atoms with E-state index in [1.807, 2.05) is 19.9 Å². The number of carboxylic acids is 1. The van der Waals surface area contributed by atoms with Crippen LogP contribution in [0.2, 0.25) is 0 Å². The van der Waals surface area contributed by atoms with E-state index in [0.717, 1.165) is 35.7 Å².